The highest BCUT2D eigenvalue weighted by Crippen LogP contribution is 2.09. The molecule has 0 amide bonds. The molecule has 0 bridgehead atoms. The number of hydrogen-bond acceptors (Lipinski definition) is 3. The smallest absolute Gasteiger partial charge is 0.328 e. The van der Waals surface area contributed by atoms with Gasteiger partial charge in [0.1, 0.15) is 0 Å². The quantitative estimate of drug-likeness (QED) is 0.572. The highest BCUT2D eigenvalue weighted by atomic mass is 16.6. The van der Waals surface area contributed by atoms with Gasteiger partial charge in [-0.25, -0.2) is 4.79 Å². The fraction of sp³-hybridized carbons (Fsp3) is 0.429. The standard InChI is InChI=1S/C7H8N2O3/c10-6-1-2-9(7(11)8-6)3-5-4-12-5/h1-2,5H,3-4H2,(H,8,10,11). The van der Waals surface area contributed by atoms with E-state index < -0.39 is 0 Å². The molecule has 1 aromatic rings. The van der Waals surface area contributed by atoms with Crippen LogP contribution in [-0.2, 0) is 11.3 Å². The van der Waals surface area contributed by atoms with Gasteiger partial charge in [0.25, 0.3) is 5.56 Å². The Morgan fingerprint density at radius 1 is 1.67 bits per heavy atom. The second kappa shape index (κ2) is 2.60. The van der Waals surface area contributed by atoms with Crippen molar-refractivity contribution < 1.29 is 4.74 Å². The summed E-state index contributed by atoms with van der Waals surface area (Å²) in [4.78, 5) is 23.9. The van der Waals surface area contributed by atoms with Crippen LogP contribution in [0.15, 0.2) is 21.9 Å². The van der Waals surface area contributed by atoms with Crippen LogP contribution in [-0.4, -0.2) is 22.3 Å². The van der Waals surface area contributed by atoms with Gasteiger partial charge < -0.3 is 4.74 Å². The van der Waals surface area contributed by atoms with Crippen LogP contribution in [0.3, 0.4) is 0 Å². The first-order valence-electron chi connectivity index (χ1n) is 3.67. The number of H-pyrrole nitrogens is 1. The van der Waals surface area contributed by atoms with Crippen molar-refractivity contribution in [3.05, 3.63) is 33.1 Å². The molecule has 1 saturated heterocycles. The van der Waals surface area contributed by atoms with Crippen LogP contribution in [0.5, 0.6) is 0 Å². The Morgan fingerprint density at radius 3 is 3.00 bits per heavy atom. The molecule has 5 heteroatoms. The fourth-order valence-corrected chi connectivity index (χ4v) is 0.981. The highest BCUT2D eigenvalue weighted by Gasteiger charge is 2.22. The van der Waals surface area contributed by atoms with E-state index in [0.717, 1.165) is 0 Å². The van der Waals surface area contributed by atoms with E-state index in [-0.39, 0.29) is 17.4 Å². The monoisotopic (exact) mass is 168 g/mol. The largest absolute Gasteiger partial charge is 0.371 e. The Labute approximate surface area is 67.6 Å². The van der Waals surface area contributed by atoms with Crippen molar-refractivity contribution >= 4 is 0 Å². The van der Waals surface area contributed by atoms with Gasteiger partial charge in [0.05, 0.1) is 19.3 Å². The van der Waals surface area contributed by atoms with Gasteiger partial charge in [0, 0.05) is 12.3 Å². The van der Waals surface area contributed by atoms with E-state index in [1.54, 1.807) is 0 Å². The minimum atomic E-state index is -0.377. The van der Waals surface area contributed by atoms with Crippen molar-refractivity contribution in [1.82, 2.24) is 9.55 Å². The van der Waals surface area contributed by atoms with E-state index in [0.29, 0.717) is 13.2 Å². The minimum absolute atomic E-state index is 0.147. The summed E-state index contributed by atoms with van der Waals surface area (Å²) in [5, 5.41) is 0. The molecule has 64 valence electrons. The van der Waals surface area contributed by atoms with Gasteiger partial charge in [0.2, 0.25) is 0 Å². The van der Waals surface area contributed by atoms with Crippen LogP contribution in [0, 0.1) is 0 Å². The molecule has 1 unspecified atom stereocenters. The first kappa shape index (κ1) is 7.30. The maximum atomic E-state index is 11.1. The molecule has 1 aliphatic rings. The van der Waals surface area contributed by atoms with Crippen molar-refractivity contribution in [3.8, 4) is 0 Å². The normalized spacial score (nSPS) is 20.8. The van der Waals surface area contributed by atoms with E-state index in [1.807, 2.05) is 0 Å². The van der Waals surface area contributed by atoms with Gasteiger partial charge in [-0.15, -0.1) is 0 Å². The van der Waals surface area contributed by atoms with E-state index >= 15 is 0 Å². The molecule has 1 aliphatic heterocycles. The van der Waals surface area contributed by atoms with Crippen LogP contribution in [0.4, 0.5) is 0 Å². The molecule has 0 aromatic carbocycles. The third-order valence-electron chi connectivity index (χ3n) is 1.70. The minimum Gasteiger partial charge on any atom is -0.371 e. The van der Waals surface area contributed by atoms with Gasteiger partial charge in [-0.1, -0.05) is 0 Å². The number of nitrogens with one attached hydrogen (secondary N) is 1. The lowest BCUT2D eigenvalue weighted by Crippen LogP contribution is -2.29. The Kier molecular flexibility index (Phi) is 1.58. The summed E-state index contributed by atoms with van der Waals surface area (Å²) in [7, 11) is 0. The average molecular weight is 168 g/mol. The molecule has 1 atom stereocenters. The molecule has 0 saturated carbocycles. The number of aromatic amines is 1. The molecule has 2 rings (SSSR count). The Morgan fingerprint density at radius 2 is 2.42 bits per heavy atom. The number of nitrogens with zero attached hydrogens (tertiary/aromatic N) is 1. The fourth-order valence-electron chi connectivity index (χ4n) is 0.981. The van der Waals surface area contributed by atoms with E-state index in [1.165, 1.54) is 16.8 Å². The predicted octanol–water partition coefficient (Wildman–Crippen LogP) is -1.06. The molecule has 5 nitrogen and oxygen atoms in total. The summed E-state index contributed by atoms with van der Waals surface area (Å²) >= 11 is 0. The highest BCUT2D eigenvalue weighted by molar-refractivity contribution is 4.84. The van der Waals surface area contributed by atoms with Crippen molar-refractivity contribution in [2.24, 2.45) is 0 Å². The van der Waals surface area contributed by atoms with Crippen molar-refractivity contribution in [3.63, 3.8) is 0 Å². The molecule has 1 aromatic heterocycles. The van der Waals surface area contributed by atoms with Gasteiger partial charge >= 0.3 is 5.69 Å². The molecule has 1 N–H and O–H groups in total. The molecule has 0 aliphatic carbocycles. The molecule has 12 heavy (non-hydrogen) atoms. The molecular formula is C7H8N2O3. The number of aromatic nitrogens is 2. The van der Waals surface area contributed by atoms with Crippen LogP contribution in [0.1, 0.15) is 0 Å². The Bertz CT molecular complexity index is 388. The van der Waals surface area contributed by atoms with Gasteiger partial charge in [-0.3, -0.25) is 14.3 Å². The van der Waals surface area contributed by atoms with Gasteiger partial charge in [0.15, 0.2) is 0 Å². The first-order chi connectivity index (χ1) is 5.75. The molecule has 2 heterocycles. The maximum absolute atomic E-state index is 11.1. The SMILES string of the molecule is O=c1ccn(CC2CO2)c(=O)[nH]1. The molecule has 0 radical (unpaired) electrons. The van der Waals surface area contributed by atoms with E-state index in [4.69, 9.17) is 4.74 Å². The zero-order valence-corrected chi connectivity index (χ0v) is 6.32. The summed E-state index contributed by atoms with van der Waals surface area (Å²) in [5.74, 6) is 0. The number of hydrogen-bond donors (Lipinski definition) is 1. The Balaban J connectivity index is 2.30. The van der Waals surface area contributed by atoms with E-state index in [2.05, 4.69) is 4.98 Å². The third-order valence-corrected chi connectivity index (χ3v) is 1.70. The summed E-state index contributed by atoms with van der Waals surface area (Å²) < 4.78 is 6.38. The Hall–Kier alpha value is -1.36. The number of rotatable bonds is 2. The van der Waals surface area contributed by atoms with Crippen LogP contribution >= 0.6 is 0 Å². The van der Waals surface area contributed by atoms with Gasteiger partial charge in [-0.2, -0.15) is 0 Å². The second-order valence-electron chi connectivity index (χ2n) is 2.72. The van der Waals surface area contributed by atoms with Crippen molar-refractivity contribution in [1.29, 1.82) is 0 Å². The lowest BCUT2D eigenvalue weighted by atomic mass is 10.4. The lowest BCUT2D eigenvalue weighted by molar-refractivity contribution is 0.378. The zero-order chi connectivity index (χ0) is 8.55. The van der Waals surface area contributed by atoms with Crippen LogP contribution < -0.4 is 11.2 Å². The number of epoxide rings is 1. The lowest BCUT2D eigenvalue weighted by Gasteiger charge is -1.99. The topological polar surface area (TPSA) is 67.4 Å². The van der Waals surface area contributed by atoms with E-state index in [9.17, 15) is 9.59 Å². The zero-order valence-electron chi connectivity index (χ0n) is 6.32. The summed E-state index contributed by atoms with van der Waals surface area (Å²) in [6, 6.07) is 1.32. The van der Waals surface area contributed by atoms with Crippen molar-refractivity contribution in [2.45, 2.75) is 12.6 Å². The van der Waals surface area contributed by atoms with Gasteiger partial charge in [-0.05, 0) is 0 Å². The molecule has 1 fully saturated rings. The van der Waals surface area contributed by atoms with Crippen molar-refractivity contribution in [2.75, 3.05) is 6.61 Å². The summed E-state index contributed by atoms with van der Waals surface area (Å²) in [5.41, 5.74) is -0.744. The third kappa shape index (κ3) is 1.45. The average Bonchev–Trinajstić information content (AvgIpc) is 2.79. The maximum Gasteiger partial charge on any atom is 0.328 e. The molecule has 0 spiro atoms. The molecular weight excluding hydrogens is 160 g/mol. The predicted molar refractivity (Wildman–Crippen MR) is 41.1 cm³/mol. The first-order valence-corrected chi connectivity index (χ1v) is 3.67. The van der Waals surface area contributed by atoms with Crippen LogP contribution in [0.25, 0.3) is 0 Å². The second-order valence-corrected chi connectivity index (χ2v) is 2.72. The summed E-state index contributed by atoms with van der Waals surface area (Å²) in [6.45, 7) is 1.22. The van der Waals surface area contributed by atoms with Crippen LogP contribution in [0.2, 0.25) is 0 Å². The summed E-state index contributed by atoms with van der Waals surface area (Å²) in [6.07, 6.45) is 1.62. The number of ether oxygens (including phenoxy) is 1.